The van der Waals surface area contributed by atoms with Crippen molar-refractivity contribution in [2.24, 2.45) is 0 Å². The lowest BCUT2D eigenvalue weighted by atomic mass is 10.1. The van der Waals surface area contributed by atoms with Crippen LogP contribution in [-0.2, 0) is 4.74 Å². The molecule has 0 aliphatic carbocycles. The van der Waals surface area contributed by atoms with E-state index in [1.165, 1.54) is 30.3 Å². The van der Waals surface area contributed by atoms with E-state index in [9.17, 15) is 19.3 Å². The lowest BCUT2D eigenvalue weighted by molar-refractivity contribution is -0.384. The Kier molecular flexibility index (Phi) is 8.05. The first kappa shape index (κ1) is 22.3. The van der Waals surface area contributed by atoms with E-state index in [2.05, 4.69) is 10.6 Å². The largest absolute Gasteiger partial charge is 0.383 e. The van der Waals surface area contributed by atoms with Crippen molar-refractivity contribution in [3.63, 3.8) is 0 Å². The van der Waals surface area contributed by atoms with Gasteiger partial charge >= 0.3 is 0 Å². The Morgan fingerprint density at radius 3 is 2.66 bits per heavy atom. The average Bonchev–Trinajstić information content (AvgIpc) is 2.68. The number of nitro groups is 1. The Hall–Kier alpha value is -3.04. The lowest BCUT2D eigenvalue weighted by Crippen LogP contribution is -2.35. The molecule has 2 aromatic rings. The number of methoxy groups -OCH3 is 1. The number of halogens is 1. The number of hydrogen-bond acceptors (Lipinski definition) is 6. The number of nitrogens with zero attached hydrogens (tertiary/aromatic N) is 2. The highest BCUT2D eigenvalue weighted by Crippen LogP contribution is 2.23. The maximum absolute atomic E-state index is 13.6. The van der Waals surface area contributed by atoms with Gasteiger partial charge in [-0.2, -0.15) is 0 Å². The van der Waals surface area contributed by atoms with Crippen molar-refractivity contribution < 1.29 is 18.8 Å². The minimum Gasteiger partial charge on any atom is -0.383 e. The Morgan fingerprint density at radius 1 is 1.28 bits per heavy atom. The number of hydrogen-bond donors (Lipinski definition) is 2. The molecule has 1 atom stereocenters. The molecule has 0 aliphatic rings. The van der Waals surface area contributed by atoms with E-state index in [1.807, 2.05) is 19.0 Å². The first-order valence-electron chi connectivity index (χ1n) is 9.04. The molecule has 0 spiro atoms. The molecule has 0 radical (unpaired) electrons. The highest BCUT2D eigenvalue weighted by molar-refractivity contribution is 6.00. The number of likely N-dealkylation sites (N-methyl/N-ethyl adjacent to an activating group) is 1. The molecule has 0 fully saturated rings. The first-order valence-corrected chi connectivity index (χ1v) is 9.04. The fraction of sp³-hybridized carbons (Fsp3) is 0.350. The van der Waals surface area contributed by atoms with E-state index in [4.69, 9.17) is 4.74 Å². The van der Waals surface area contributed by atoms with Crippen molar-refractivity contribution in [3.05, 3.63) is 69.5 Å². The number of rotatable bonds is 10. The van der Waals surface area contributed by atoms with Crippen molar-refractivity contribution in [2.45, 2.75) is 6.04 Å². The van der Waals surface area contributed by atoms with Crippen LogP contribution in [0.2, 0.25) is 0 Å². The molecule has 8 nitrogen and oxygen atoms in total. The zero-order chi connectivity index (χ0) is 21.4. The molecule has 0 saturated heterocycles. The quantitative estimate of drug-likeness (QED) is 0.359. The van der Waals surface area contributed by atoms with Crippen LogP contribution in [0.1, 0.15) is 22.0 Å². The van der Waals surface area contributed by atoms with E-state index < -0.39 is 10.8 Å². The van der Waals surface area contributed by atoms with Crippen LogP contribution in [0.3, 0.4) is 0 Å². The SMILES string of the molecule is COCCNc1ccc([N+](=O)[O-])cc1C(=O)NC[C@@H](c1cccc(F)c1)N(C)C. The zero-order valence-corrected chi connectivity index (χ0v) is 16.6. The minimum absolute atomic E-state index is 0.159. The molecule has 0 unspecified atom stereocenters. The van der Waals surface area contributed by atoms with E-state index >= 15 is 0 Å². The van der Waals surface area contributed by atoms with E-state index in [0.29, 0.717) is 24.4 Å². The second-order valence-electron chi connectivity index (χ2n) is 6.65. The van der Waals surface area contributed by atoms with E-state index in [0.717, 1.165) is 0 Å². The predicted molar refractivity (Wildman–Crippen MR) is 109 cm³/mol. The summed E-state index contributed by atoms with van der Waals surface area (Å²) in [7, 11) is 5.21. The van der Waals surface area contributed by atoms with Gasteiger partial charge in [0.1, 0.15) is 5.82 Å². The van der Waals surface area contributed by atoms with E-state index in [-0.39, 0.29) is 29.7 Å². The maximum atomic E-state index is 13.6. The Bertz CT molecular complexity index is 860. The smallest absolute Gasteiger partial charge is 0.270 e. The topological polar surface area (TPSA) is 96.7 Å². The molecule has 156 valence electrons. The lowest BCUT2D eigenvalue weighted by Gasteiger charge is -2.25. The standard InChI is InChI=1S/C20H25FN4O4/c1-24(2)19(14-5-4-6-15(21)11-14)13-23-20(26)17-12-16(25(27)28)7-8-18(17)22-9-10-29-3/h4-8,11-12,19,22H,9-10,13H2,1-3H3,(H,23,26)/t19-/m0/s1. The molecule has 1 amide bonds. The molecule has 0 aromatic heterocycles. The van der Waals surface area contributed by atoms with Crippen LogP contribution in [0.25, 0.3) is 0 Å². The number of benzene rings is 2. The second-order valence-corrected chi connectivity index (χ2v) is 6.65. The van der Waals surface area contributed by atoms with Crippen LogP contribution in [0.15, 0.2) is 42.5 Å². The van der Waals surface area contributed by atoms with Crippen molar-refractivity contribution >= 4 is 17.3 Å². The molecule has 9 heteroatoms. The number of carbonyl (C=O) groups excluding carboxylic acids is 1. The monoisotopic (exact) mass is 404 g/mol. The number of non-ortho nitro benzene ring substituents is 1. The summed E-state index contributed by atoms with van der Waals surface area (Å²) in [6, 6.07) is 9.97. The fourth-order valence-electron chi connectivity index (χ4n) is 2.87. The van der Waals surface area contributed by atoms with Crippen LogP contribution in [-0.4, -0.2) is 56.6 Å². The number of nitrogens with one attached hydrogen (secondary N) is 2. The third-order valence-corrected chi connectivity index (χ3v) is 4.39. The summed E-state index contributed by atoms with van der Waals surface area (Å²) in [5.74, 6) is -0.819. The van der Waals surface area contributed by atoms with Crippen LogP contribution < -0.4 is 10.6 Å². The van der Waals surface area contributed by atoms with Gasteiger partial charge in [0.15, 0.2) is 0 Å². The molecular weight excluding hydrogens is 379 g/mol. The third-order valence-electron chi connectivity index (χ3n) is 4.39. The van der Waals surface area contributed by atoms with Gasteiger partial charge in [-0.15, -0.1) is 0 Å². The van der Waals surface area contributed by atoms with Gasteiger partial charge in [-0.25, -0.2) is 4.39 Å². The van der Waals surface area contributed by atoms with Crippen molar-refractivity contribution in [3.8, 4) is 0 Å². The van der Waals surface area contributed by atoms with Crippen LogP contribution in [0.4, 0.5) is 15.8 Å². The van der Waals surface area contributed by atoms with Gasteiger partial charge in [0.05, 0.1) is 23.1 Å². The maximum Gasteiger partial charge on any atom is 0.270 e. The van der Waals surface area contributed by atoms with Gasteiger partial charge in [-0.05, 0) is 37.9 Å². The number of amides is 1. The Balaban J connectivity index is 2.20. The van der Waals surface area contributed by atoms with Crippen molar-refractivity contribution in [1.29, 1.82) is 0 Å². The third kappa shape index (κ3) is 6.23. The average molecular weight is 404 g/mol. The zero-order valence-electron chi connectivity index (χ0n) is 16.6. The van der Waals surface area contributed by atoms with Gasteiger partial charge in [0.2, 0.25) is 0 Å². The second kappa shape index (κ2) is 10.5. The van der Waals surface area contributed by atoms with Gasteiger partial charge in [0.25, 0.3) is 11.6 Å². The van der Waals surface area contributed by atoms with Crippen LogP contribution in [0.5, 0.6) is 0 Å². The van der Waals surface area contributed by atoms with Gasteiger partial charge in [0, 0.05) is 38.0 Å². The molecule has 2 aromatic carbocycles. The summed E-state index contributed by atoms with van der Waals surface area (Å²) in [4.78, 5) is 25.2. The van der Waals surface area contributed by atoms with Gasteiger partial charge in [-0.1, -0.05) is 12.1 Å². The minimum atomic E-state index is -0.551. The summed E-state index contributed by atoms with van der Waals surface area (Å²) < 4.78 is 18.6. The summed E-state index contributed by atoms with van der Waals surface area (Å²) >= 11 is 0. The highest BCUT2D eigenvalue weighted by atomic mass is 19.1. The molecule has 0 aliphatic heterocycles. The molecular formula is C20H25FN4O4. The predicted octanol–water partition coefficient (Wildman–Crippen LogP) is 2.82. The molecule has 29 heavy (non-hydrogen) atoms. The Labute approximate surface area is 168 Å². The van der Waals surface area contributed by atoms with Crippen molar-refractivity contribution in [2.75, 3.05) is 46.2 Å². The molecule has 2 rings (SSSR count). The molecule has 0 heterocycles. The van der Waals surface area contributed by atoms with Gasteiger partial charge < -0.3 is 20.3 Å². The van der Waals surface area contributed by atoms with Crippen LogP contribution in [0, 0.1) is 15.9 Å². The summed E-state index contributed by atoms with van der Waals surface area (Å²) in [6.07, 6.45) is 0. The molecule has 2 N–H and O–H groups in total. The molecule has 0 bridgehead atoms. The highest BCUT2D eigenvalue weighted by Gasteiger charge is 2.20. The van der Waals surface area contributed by atoms with E-state index in [1.54, 1.807) is 19.2 Å². The normalized spacial score (nSPS) is 11.9. The fourth-order valence-corrected chi connectivity index (χ4v) is 2.87. The molecule has 0 saturated carbocycles. The Morgan fingerprint density at radius 2 is 2.03 bits per heavy atom. The summed E-state index contributed by atoms with van der Waals surface area (Å²) in [5, 5.41) is 17.0. The number of nitro benzene ring substituents is 1. The van der Waals surface area contributed by atoms with Crippen molar-refractivity contribution in [1.82, 2.24) is 10.2 Å². The summed E-state index contributed by atoms with van der Waals surface area (Å²) in [6.45, 7) is 1.06. The number of carbonyl (C=O) groups is 1. The van der Waals surface area contributed by atoms with Gasteiger partial charge in [-0.3, -0.25) is 14.9 Å². The van der Waals surface area contributed by atoms with Crippen LogP contribution >= 0.6 is 0 Å². The first-order chi connectivity index (χ1) is 13.8. The summed E-state index contributed by atoms with van der Waals surface area (Å²) in [5.41, 5.74) is 1.17. The number of ether oxygens (including phenoxy) is 1. The number of anilines is 1.